The first kappa shape index (κ1) is 33.2. The summed E-state index contributed by atoms with van der Waals surface area (Å²) in [6.45, 7) is 0. The second-order valence-electron chi connectivity index (χ2n) is 14.2. The van der Waals surface area contributed by atoms with Gasteiger partial charge in [0.15, 0.2) is 0 Å². The van der Waals surface area contributed by atoms with Gasteiger partial charge >= 0.3 is 0 Å². The fourth-order valence-electron chi connectivity index (χ4n) is 7.92. The maximum absolute atomic E-state index is 2.46. The van der Waals surface area contributed by atoms with E-state index in [9.17, 15) is 0 Å². The second-order valence-corrected chi connectivity index (χ2v) is 14.2. The normalized spacial score (nSPS) is 11.8. The Balaban J connectivity index is 1.11. The Labute approximate surface area is 327 Å². The summed E-state index contributed by atoms with van der Waals surface area (Å²) in [6.07, 6.45) is 8.67. The predicted octanol–water partition coefficient (Wildman–Crippen LogP) is 14.4. The van der Waals surface area contributed by atoms with Gasteiger partial charge in [-0.1, -0.05) is 194 Å². The summed E-state index contributed by atoms with van der Waals surface area (Å²) in [6, 6.07) is 74.1. The molecule has 0 amide bonds. The molecule has 2 heterocycles. The molecule has 0 radical (unpaired) electrons. The lowest BCUT2D eigenvalue weighted by atomic mass is 10.0. The minimum absolute atomic E-state index is 1.14. The topological polar surface area (TPSA) is 9.86 Å². The molecule has 8 aromatic carbocycles. The first-order chi connectivity index (χ1) is 27.8. The van der Waals surface area contributed by atoms with E-state index in [1.54, 1.807) is 0 Å². The molecule has 0 saturated heterocycles. The molecule has 2 heteroatoms. The standard InChI is InChI=1S/C54H38N2/c1-5-13-39(14-6-1)21-23-41-25-29-43(30-26-41)45-33-35-49-51(37-45)55(47-17-9-3-10-18-47)54-50-36-34-46(38-52(50)56(53(49)54)48-19-11-4-12-20-48)44-31-27-42(28-32-44)24-22-40-15-7-2-8-16-40/h1-38H/b23-21+,24-22+. The number of nitrogens with zero attached hydrogens (tertiary/aromatic N) is 2. The van der Waals surface area contributed by atoms with Crippen LogP contribution in [0.1, 0.15) is 22.3 Å². The van der Waals surface area contributed by atoms with Crippen molar-refractivity contribution in [2.24, 2.45) is 0 Å². The van der Waals surface area contributed by atoms with Crippen molar-refractivity contribution in [2.45, 2.75) is 0 Å². The van der Waals surface area contributed by atoms with Crippen LogP contribution in [-0.4, -0.2) is 9.13 Å². The molecule has 2 aromatic heterocycles. The highest BCUT2D eigenvalue weighted by Gasteiger charge is 2.23. The van der Waals surface area contributed by atoms with E-state index in [2.05, 4.69) is 228 Å². The summed E-state index contributed by atoms with van der Waals surface area (Å²) in [4.78, 5) is 0. The summed E-state index contributed by atoms with van der Waals surface area (Å²) >= 11 is 0. The Hall–Kier alpha value is -7.42. The molecule has 56 heavy (non-hydrogen) atoms. The molecule has 0 aliphatic rings. The largest absolute Gasteiger partial charge is 0.307 e. The van der Waals surface area contributed by atoms with Crippen molar-refractivity contribution in [1.29, 1.82) is 0 Å². The third-order valence-corrected chi connectivity index (χ3v) is 10.7. The van der Waals surface area contributed by atoms with Gasteiger partial charge in [-0.05, 0) is 80.9 Å². The molecule has 0 saturated carbocycles. The summed E-state index contributed by atoms with van der Waals surface area (Å²) in [5.74, 6) is 0. The van der Waals surface area contributed by atoms with Crippen molar-refractivity contribution in [3.8, 4) is 33.6 Å². The van der Waals surface area contributed by atoms with Crippen LogP contribution in [0.15, 0.2) is 206 Å². The maximum Gasteiger partial charge on any atom is 0.0803 e. The number of rotatable bonds is 8. The van der Waals surface area contributed by atoms with Gasteiger partial charge in [-0.3, -0.25) is 0 Å². The van der Waals surface area contributed by atoms with Gasteiger partial charge in [0, 0.05) is 22.1 Å². The third-order valence-electron chi connectivity index (χ3n) is 10.7. The number of hydrogen-bond acceptors (Lipinski definition) is 0. The number of para-hydroxylation sites is 2. The number of fused-ring (bicyclic) bond motifs is 5. The van der Waals surface area contributed by atoms with Crippen molar-refractivity contribution in [2.75, 3.05) is 0 Å². The van der Waals surface area contributed by atoms with E-state index in [-0.39, 0.29) is 0 Å². The van der Waals surface area contributed by atoms with Crippen LogP contribution in [0.25, 0.3) is 90.8 Å². The van der Waals surface area contributed by atoms with Crippen LogP contribution in [0.2, 0.25) is 0 Å². The molecule has 0 N–H and O–H groups in total. The Bertz CT molecular complexity index is 2790. The second kappa shape index (κ2) is 14.4. The lowest BCUT2D eigenvalue weighted by molar-refractivity contribution is 1.17. The van der Waals surface area contributed by atoms with Crippen LogP contribution in [0.5, 0.6) is 0 Å². The average molecular weight is 715 g/mol. The summed E-state index contributed by atoms with van der Waals surface area (Å²) in [5.41, 5.74) is 16.6. The summed E-state index contributed by atoms with van der Waals surface area (Å²) in [5, 5.41) is 2.43. The smallest absolute Gasteiger partial charge is 0.0803 e. The summed E-state index contributed by atoms with van der Waals surface area (Å²) < 4.78 is 4.92. The molecule has 0 spiro atoms. The molecule has 10 aromatic rings. The van der Waals surface area contributed by atoms with Gasteiger partial charge in [-0.25, -0.2) is 0 Å². The van der Waals surface area contributed by atoms with Gasteiger partial charge in [0.2, 0.25) is 0 Å². The molecule has 0 unspecified atom stereocenters. The first-order valence-electron chi connectivity index (χ1n) is 19.2. The van der Waals surface area contributed by atoms with E-state index in [0.717, 1.165) is 11.4 Å². The Morgan fingerprint density at radius 2 is 0.571 bits per heavy atom. The van der Waals surface area contributed by atoms with Gasteiger partial charge in [-0.2, -0.15) is 0 Å². The van der Waals surface area contributed by atoms with Gasteiger partial charge in [0.1, 0.15) is 0 Å². The van der Waals surface area contributed by atoms with Crippen molar-refractivity contribution in [3.05, 3.63) is 229 Å². The maximum atomic E-state index is 2.46. The highest BCUT2D eigenvalue weighted by Crippen LogP contribution is 2.43. The zero-order valence-corrected chi connectivity index (χ0v) is 30.8. The van der Waals surface area contributed by atoms with Gasteiger partial charge in [0.05, 0.1) is 22.1 Å². The van der Waals surface area contributed by atoms with Crippen LogP contribution < -0.4 is 0 Å². The first-order valence-corrected chi connectivity index (χ1v) is 19.2. The van der Waals surface area contributed by atoms with E-state index in [4.69, 9.17) is 0 Å². The average Bonchev–Trinajstić information content (AvgIpc) is 3.78. The Morgan fingerprint density at radius 3 is 0.929 bits per heavy atom. The van der Waals surface area contributed by atoms with E-state index in [0.29, 0.717) is 0 Å². The molecule has 0 aliphatic heterocycles. The third kappa shape index (κ3) is 6.24. The van der Waals surface area contributed by atoms with Crippen molar-refractivity contribution in [1.82, 2.24) is 9.13 Å². The molecule has 0 atom stereocenters. The highest BCUT2D eigenvalue weighted by molar-refractivity contribution is 6.20. The van der Waals surface area contributed by atoms with Gasteiger partial charge < -0.3 is 9.13 Å². The molecule has 0 fully saturated rings. The van der Waals surface area contributed by atoms with Crippen molar-refractivity contribution in [3.63, 3.8) is 0 Å². The number of benzene rings is 8. The zero-order chi connectivity index (χ0) is 37.3. The van der Waals surface area contributed by atoms with Crippen LogP contribution in [-0.2, 0) is 0 Å². The summed E-state index contributed by atoms with van der Waals surface area (Å²) in [7, 11) is 0. The fraction of sp³-hybridized carbons (Fsp3) is 0. The highest BCUT2D eigenvalue weighted by atomic mass is 15.1. The molecular formula is C54H38N2. The van der Waals surface area contributed by atoms with E-state index < -0.39 is 0 Å². The fourth-order valence-corrected chi connectivity index (χ4v) is 7.92. The molecule has 10 rings (SSSR count). The quantitative estimate of drug-likeness (QED) is 0.139. The lowest BCUT2D eigenvalue weighted by Crippen LogP contribution is -1.94. The lowest BCUT2D eigenvalue weighted by Gasteiger charge is -2.11. The van der Waals surface area contributed by atoms with E-state index in [1.165, 1.54) is 77.3 Å². The molecule has 264 valence electrons. The van der Waals surface area contributed by atoms with Crippen molar-refractivity contribution >= 4 is 57.1 Å². The minimum atomic E-state index is 1.14. The van der Waals surface area contributed by atoms with Gasteiger partial charge in [0.25, 0.3) is 0 Å². The van der Waals surface area contributed by atoms with E-state index >= 15 is 0 Å². The Morgan fingerprint density at radius 1 is 0.268 bits per heavy atom. The van der Waals surface area contributed by atoms with Crippen LogP contribution >= 0.6 is 0 Å². The monoisotopic (exact) mass is 714 g/mol. The van der Waals surface area contributed by atoms with Crippen LogP contribution in [0, 0.1) is 0 Å². The van der Waals surface area contributed by atoms with Gasteiger partial charge in [-0.15, -0.1) is 0 Å². The molecule has 2 nitrogen and oxygen atoms in total. The number of aromatic nitrogens is 2. The molecule has 0 bridgehead atoms. The zero-order valence-electron chi connectivity index (χ0n) is 30.8. The SMILES string of the molecule is C(=C\c1ccc(-c2ccc3c(c2)n(-c2ccccc2)c2c4ccc(-c5ccc(/C=C/c6ccccc6)cc5)cc4n(-c4ccccc4)c32)cc1)/c1ccccc1. The predicted molar refractivity (Wildman–Crippen MR) is 239 cm³/mol. The minimum Gasteiger partial charge on any atom is -0.307 e. The van der Waals surface area contributed by atoms with Crippen molar-refractivity contribution < 1.29 is 0 Å². The number of hydrogen-bond donors (Lipinski definition) is 0. The molecular weight excluding hydrogens is 677 g/mol. The van der Waals surface area contributed by atoms with Crippen LogP contribution in [0.4, 0.5) is 0 Å². The van der Waals surface area contributed by atoms with E-state index in [1.807, 2.05) is 12.1 Å². The Kier molecular flexibility index (Phi) is 8.55. The molecule has 0 aliphatic carbocycles. The van der Waals surface area contributed by atoms with Crippen LogP contribution in [0.3, 0.4) is 0 Å².